The molecule has 4 aliphatic rings. The third-order valence-electron chi connectivity index (χ3n) is 16.8. The molecular weight excluding hydrogens is 951 g/mol. The Morgan fingerprint density at radius 2 is 1.52 bits per heavy atom. The molecule has 2 saturated heterocycles. The van der Waals surface area contributed by atoms with Gasteiger partial charge in [0.1, 0.15) is 24.0 Å². The van der Waals surface area contributed by atoms with Crippen molar-refractivity contribution in [1.29, 1.82) is 0 Å². The first-order valence-electron chi connectivity index (χ1n) is 26.8. The van der Waals surface area contributed by atoms with Gasteiger partial charge >= 0.3 is 11.9 Å². The van der Waals surface area contributed by atoms with Gasteiger partial charge in [-0.25, -0.2) is 9.59 Å². The molecule has 14 unspecified atom stereocenters. The molecule has 2 bridgehead atoms. The van der Waals surface area contributed by atoms with Crippen LogP contribution in [-0.4, -0.2) is 135 Å². The van der Waals surface area contributed by atoms with Crippen LogP contribution in [0.2, 0.25) is 18.1 Å². The SMILES string of the molecule is CCC1C=C(C)CC(C)CC(OC)C2OC(O)(C(=O)C(=O)N3CCCCC3C(=O)OC(C(C)=CC3CCC(OCc4ccc(C(=O)O)cc4)C(OC)C3)C(C)C(O[Si](C)(C)C(C)(C)C)CC1=O)C(C)CC2OC. The summed E-state index contributed by atoms with van der Waals surface area (Å²) >= 11 is 0. The van der Waals surface area contributed by atoms with E-state index in [1.807, 2.05) is 27.7 Å². The van der Waals surface area contributed by atoms with Gasteiger partial charge in [0, 0.05) is 52.0 Å². The minimum absolute atomic E-state index is 0.0000893. The minimum Gasteiger partial charge on any atom is -0.478 e. The Balaban J connectivity index is 1.56. The molecule has 3 aliphatic heterocycles. The molecule has 0 spiro atoms. The molecule has 1 aromatic rings. The number of carbonyl (C=O) groups is 5. The van der Waals surface area contributed by atoms with Crippen LogP contribution in [0.25, 0.3) is 0 Å². The van der Waals surface area contributed by atoms with E-state index in [1.165, 1.54) is 4.90 Å². The van der Waals surface area contributed by atoms with Gasteiger partial charge in [0.15, 0.2) is 8.32 Å². The third kappa shape index (κ3) is 14.9. The van der Waals surface area contributed by atoms with Crippen LogP contribution in [-0.2, 0) is 58.6 Å². The van der Waals surface area contributed by atoms with E-state index in [4.69, 9.17) is 32.8 Å². The van der Waals surface area contributed by atoms with Crippen molar-refractivity contribution >= 4 is 37.7 Å². The summed E-state index contributed by atoms with van der Waals surface area (Å²) in [6.45, 7) is 22.9. The van der Waals surface area contributed by atoms with Crippen LogP contribution in [0, 0.1) is 29.6 Å². The fourth-order valence-corrected chi connectivity index (χ4v) is 12.6. The lowest BCUT2D eigenvalue weighted by molar-refractivity contribution is -0.302. The van der Waals surface area contributed by atoms with E-state index in [0.29, 0.717) is 51.6 Å². The number of allylic oxidation sites excluding steroid dienone is 3. The monoisotopic (exact) mass is 1040 g/mol. The first-order valence-corrected chi connectivity index (χ1v) is 29.7. The number of rotatable bonds is 12. The Morgan fingerprint density at radius 1 is 0.877 bits per heavy atom. The molecule has 1 saturated carbocycles. The Hall–Kier alpha value is -3.61. The summed E-state index contributed by atoms with van der Waals surface area (Å²) in [5.74, 6) is -8.07. The highest BCUT2D eigenvalue weighted by molar-refractivity contribution is 6.74. The molecule has 410 valence electrons. The second-order valence-corrected chi connectivity index (χ2v) is 28.0. The van der Waals surface area contributed by atoms with Crippen LogP contribution in [0.1, 0.15) is 149 Å². The number of nitrogens with zero attached hydrogens (tertiary/aromatic N) is 1. The number of esters is 1. The molecular formula is C57H89NO14Si. The van der Waals surface area contributed by atoms with Crippen LogP contribution in [0.3, 0.4) is 0 Å². The number of hydrogen-bond donors (Lipinski definition) is 2. The molecule has 5 rings (SSSR count). The maximum atomic E-state index is 15.0. The lowest BCUT2D eigenvalue weighted by Gasteiger charge is -2.47. The average Bonchev–Trinajstić information content (AvgIpc) is 3.35. The van der Waals surface area contributed by atoms with Crippen molar-refractivity contribution in [2.75, 3.05) is 27.9 Å². The summed E-state index contributed by atoms with van der Waals surface area (Å²) < 4.78 is 44.6. The van der Waals surface area contributed by atoms with Crippen molar-refractivity contribution in [1.82, 2.24) is 4.90 Å². The number of carbonyl (C=O) groups excluding carboxylic acids is 4. The standard InChI is InChI=1S/C57H89NO14Si/c1-15-41-27-34(2)26-35(3)28-48(67-11)51-49(68-12)30-37(5)57(65,71-51)52(60)53(61)58-25-17-16-18-43(58)55(64)70-50(38(6)46(32-44(41)59)72-73(13,14)56(7,8)9)36(4)29-40-21-24-45(47(31-40)66-10)69-33-39-19-22-42(23-20-39)54(62)63/h19-20,22-23,27,29,35,37-38,40-41,43,45-51,65H,15-18,21,24-26,28,30-33H2,1-14H3,(H,62,63). The summed E-state index contributed by atoms with van der Waals surface area (Å²) in [7, 11) is 2.19. The molecule has 0 radical (unpaired) electrons. The highest BCUT2D eigenvalue weighted by atomic mass is 28.4. The normalized spacial score (nSPS) is 34.3. The number of aliphatic hydroxyl groups is 1. The molecule has 73 heavy (non-hydrogen) atoms. The first kappa shape index (κ1) is 60.3. The molecule has 16 heteroatoms. The minimum atomic E-state index is -2.57. The second kappa shape index (κ2) is 26.0. The van der Waals surface area contributed by atoms with Crippen LogP contribution >= 0.6 is 0 Å². The number of hydrogen-bond acceptors (Lipinski definition) is 13. The van der Waals surface area contributed by atoms with Crippen molar-refractivity contribution in [3.05, 3.63) is 58.7 Å². The van der Waals surface area contributed by atoms with Gasteiger partial charge in [0.2, 0.25) is 5.79 Å². The van der Waals surface area contributed by atoms with Gasteiger partial charge in [-0.05, 0) is 131 Å². The average molecular weight is 1040 g/mol. The topological polar surface area (TPSA) is 194 Å². The predicted octanol–water partition coefficient (Wildman–Crippen LogP) is 9.43. The lowest BCUT2D eigenvalue weighted by Crippen LogP contribution is -2.64. The number of amides is 1. The van der Waals surface area contributed by atoms with Gasteiger partial charge in [-0.3, -0.25) is 14.4 Å². The number of benzene rings is 1. The van der Waals surface area contributed by atoms with Gasteiger partial charge in [-0.1, -0.05) is 78.3 Å². The van der Waals surface area contributed by atoms with E-state index in [9.17, 15) is 34.2 Å². The number of fused-ring (bicyclic) bond motifs is 3. The zero-order chi connectivity index (χ0) is 54.2. The Kier molecular flexibility index (Phi) is 21.4. The number of Topliss-reactive ketones (excluding diaryl/α,β-unsaturated/α-hetero) is 2. The molecule has 1 aromatic carbocycles. The van der Waals surface area contributed by atoms with E-state index in [2.05, 4.69) is 52.9 Å². The van der Waals surface area contributed by atoms with E-state index in [-0.39, 0.29) is 66.2 Å². The highest BCUT2D eigenvalue weighted by Crippen LogP contribution is 2.42. The molecule has 14 atom stereocenters. The largest absolute Gasteiger partial charge is 0.478 e. The maximum absolute atomic E-state index is 15.0. The zero-order valence-corrected chi connectivity index (χ0v) is 47.4. The summed E-state index contributed by atoms with van der Waals surface area (Å²) in [4.78, 5) is 71.6. The first-order chi connectivity index (χ1) is 34.3. The van der Waals surface area contributed by atoms with E-state index >= 15 is 0 Å². The van der Waals surface area contributed by atoms with Crippen molar-refractivity contribution in [2.24, 2.45) is 29.6 Å². The maximum Gasteiger partial charge on any atom is 0.335 e. The van der Waals surface area contributed by atoms with Gasteiger partial charge in [0.25, 0.3) is 11.7 Å². The van der Waals surface area contributed by atoms with E-state index < -0.39 is 92.0 Å². The third-order valence-corrected chi connectivity index (χ3v) is 21.3. The molecule has 3 heterocycles. The van der Waals surface area contributed by atoms with Gasteiger partial charge < -0.3 is 48.0 Å². The second-order valence-electron chi connectivity index (χ2n) is 23.3. The number of ether oxygens (including phenoxy) is 6. The molecule has 0 aromatic heterocycles. The summed E-state index contributed by atoms with van der Waals surface area (Å²) in [6, 6.07) is 5.49. The highest BCUT2D eigenvalue weighted by Gasteiger charge is 2.57. The number of cyclic esters (lactones) is 1. The molecule has 3 fully saturated rings. The van der Waals surface area contributed by atoms with E-state index in [1.54, 1.807) is 52.5 Å². The van der Waals surface area contributed by atoms with Crippen molar-refractivity contribution < 1.29 is 67.0 Å². The van der Waals surface area contributed by atoms with Crippen molar-refractivity contribution in [2.45, 2.75) is 212 Å². The predicted molar refractivity (Wildman–Crippen MR) is 280 cm³/mol. The lowest BCUT2D eigenvalue weighted by atomic mass is 9.81. The molecule has 2 N–H and O–H groups in total. The summed E-state index contributed by atoms with van der Waals surface area (Å²) in [5.41, 5.74) is 2.86. The Bertz CT molecular complexity index is 2120. The fourth-order valence-electron chi connectivity index (χ4n) is 11.2. The number of aromatic carboxylic acids is 1. The summed E-state index contributed by atoms with van der Waals surface area (Å²) in [6.07, 6.45) is 5.52. The fraction of sp³-hybridized carbons (Fsp3) is 0.737. The van der Waals surface area contributed by atoms with E-state index in [0.717, 1.165) is 23.1 Å². The van der Waals surface area contributed by atoms with Gasteiger partial charge in [0.05, 0.1) is 42.7 Å². The number of carboxylic acids is 1. The number of carboxylic acid groups (broad SMARTS) is 1. The number of piperidine rings is 1. The van der Waals surface area contributed by atoms with Crippen LogP contribution in [0.4, 0.5) is 0 Å². The zero-order valence-electron chi connectivity index (χ0n) is 46.4. The summed E-state index contributed by atoms with van der Waals surface area (Å²) in [5, 5.41) is 21.4. The number of ketones is 2. The van der Waals surface area contributed by atoms with Crippen LogP contribution in [0.5, 0.6) is 0 Å². The quantitative estimate of drug-likeness (QED) is 0.0870. The Morgan fingerprint density at radius 3 is 2.12 bits per heavy atom. The van der Waals surface area contributed by atoms with Crippen molar-refractivity contribution in [3.8, 4) is 0 Å². The molecule has 15 nitrogen and oxygen atoms in total. The van der Waals surface area contributed by atoms with Crippen LogP contribution in [0.15, 0.2) is 47.6 Å². The van der Waals surface area contributed by atoms with Gasteiger partial charge in [-0.15, -0.1) is 0 Å². The Labute approximate surface area is 436 Å². The van der Waals surface area contributed by atoms with Crippen LogP contribution < -0.4 is 0 Å². The smallest absolute Gasteiger partial charge is 0.335 e. The number of methoxy groups -OCH3 is 3. The van der Waals surface area contributed by atoms with Gasteiger partial charge in [-0.2, -0.15) is 0 Å². The molecule has 1 aliphatic carbocycles. The molecule has 1 amide bonds. The van der Waals surface area contributed by atoms with Crippen molar-refractivity contribution in [3.63, 3.8) is 0 Å².